The summed E-state index contributed by atoms with van der Waals surface area (Å²) in [4.78, 5) is 11.1. The van der Waals surface area contributed by atoms with Crippen LogP contribution in [0.5, 0.6) is 0 Å². The van der Waals surface area contributed by atoms with Gasteiger partial charge in [-0.1, -0.05) is 6.07 Å². The number of benzene rings is 1. The highest BCUT2D eigenvalue weighted by Crippen LogP contribution is 2.23. The van der Waals surface area contributed by atoms with E-state index in [1.165, 1.54) is 6.92 Å². The van der Waals surface area contributed by atoms with Gasteiger partial charge >= 0.3 is 0 Å². The molecule has 20 heavy (non-hydrogen) atoms. The van der Waals surface area contributed by atoms with Gasteiger partial charge in [0, 0.05) is 24.3 Å². The van der Waals surface area contributed by atoms with Crippen LogP contribution in [-0.2, 0) is 14.6 Å². The molecule has 1 amide bonds. The van der Waals surface area contributed by atoms with Crippen LogP contribution in [-0.4, -0.2) is 31.9 Å². The van der Waals surface area contributed by atoms with Gasteiger partial charge in [0.25, 0.3) is 0 Å². The maximum Gasteiger partial charge on any atom is 0.221 e. The number of carbonyl (C=O) groups excluding carboxylic acids is 1. The van der Waals surface area contributed by atoms with Gasteiger partial charge in [0.2, 0.25) is 5.91 Å². The second-order valence-electron chi connectivity index (χ2n) is 5.28. The van der Waals surface area contributed by atoms with Crippen LogP contribution in [0.1, 0.15) is 25.3 Å². The molecule has 0 aromatic heterocycles. The van der Waals surface area contributed by atoms with Crippen LogP contribution in [0.15, 0.2) is 18.2 Å². The van der Waals surface area contributed by atoms with Crippen molar-refractivity contribution in [2.24, 2.45) is 0 Å². The number of hydrogen-bond acceptors (Lipinski definition) is 4. The van der Waals surface area contributed by atoms with E-state index in [9.17, 15) is 13.2 Å². The Morgan fingerprint density at radius 2 is 1.90 bits per heavy atom. The van der Waals surface area contributed by atoms with Gasteiger partial charge in [-0.25, -0.2) is 8.42 Å². The van der Waals surface area contributed by atoms with E-state index in [1.54, 1.807) is 0 Å². The Bertz CT molecular complexity index is 597. The molecule has 0 saturated carbocycles. The SMILES string of the molecule is CC(=O)Nc1cc(NC2CCS(=O)(=O)CC2)ccc1C. The van der Waals surface area contributed by atoms with E-state index in [2.05, 4.69) is 10.6 Å². The Morgan fingerprint density at radius 1 is 1.25 bits per heavy atom. The van der Waals surface area contributed by atoms with Gasteiger partial charge in [0.15, 0.2) is 0 Å². The van der Waals surface area contributed by atoms with Gasteiger partial charge in [0.05, 0.1) is 11.5 Å². The Morgan fingerprint density at radius 3 is 2.50 bits per heavy atom. The monoisotopic (exact) mass is 296 g/mol. The summed E-state index contributed by atoms with van der Waals surface area (Å²) < 4.78 is 22.8. The minimum Gasteiger partial charge on any atom is -0.382 e. The molecule has 1 saturated heterocycles. The van der Waals surface area contributed by atoms with E-state index in [0.717, 1.165) is 16.9 Å². The fraction of sp³-hybridized carbons (Fsp3) is 0.500. The lowest BCUT2D eigenvalue weighted by molar-refractivity contribution is -0.114. The highest BCUT2D eigenvalue weighted by Gasteiger charge is 2.23. The van der Waals surface area contributed by atoms with Crippen molar-refractivity contribution < 1.29 is 13.2 Å². The molecule has 2 rings (SSSR count). The summed E-state index contributed by atoms with van der Waals surface area (Å²) in [6.07, 6.45) is 1.26. The van der Waals surface area contributed by atoms with Crippen LogP contribution in [0, 0.1) is 6.92 Å². The number of carbonyl (C=O) groups is 1. The third-order valence-corrected chi connectivity index (χ3v) is 5.19. The lowest BCUT2D eigenvalue weighted by Crippen LogP contribution is -2.32. The first-order valence-electron chi connectivity index (χ1n) is 6.71. The van der Waals surface area contributed by atoms with Crippen molar-refractivity contribution in [1.82, 2.24) is 0 Å². The van der Waals surface area contributed by atoms with Crippen molar-refractivity contribution in [3.8, 4) is 0 Å². The number of anilines is 2. The molecule has 6 heteroatoms. The fourth-order valence-electron chi connectivity index (χ4n) is 2.31. The zero-order chi connectivity index (χ0) is 14.8. The number of nitrogens with one attached hydrogen (secondary N) is 2. The molecular weight excluding hydrogens is 276 g/mol. The number of amides is 1. The van der Waals surface area contributed by atoms with Crippen LogP contribution < -0.4 is 10.6 Å². The summed E-state index contributed by atoms with van der Waals surface area (Å²) in [7, 11) is -2.84. The first-order chi connectivity index (χ1) is 9.35. The van der Waals surface area contributed by atoms with Gasteiger partial charge in [-0.05, 0) is 37.5 Å². The molecule has 110 valence electrons. The number of hydrogen-bond donors (Lipinski definition) is 2. The maximum atomic E-state index is 11.4. The topological polar surface area (TPSA) is 75.3 Å². The molecule has 1 aromatic carbocycles. The molecule has 0 spiro atoms. The van der Waals surface area contributed by atoms with E-state index in [0.29, 0.717) is 12.8 Å². The average molecular weight is 296 g/mol. The minimum atomic E-state index is -2.84. The first kappa shape index (κ1) is 14.8. The number of sulfone groups is 1. The second-order valence-corrected chi connectivity index (χ2v) is 7.58. The predicted molar refractivity (Wildman–Crippen MR) is 80.8 cm³/mol. The lowest BCUT2D eigenvalue weighted by Gasteiger charge is -2.24. The molecule has 2 N–H and O–H groups in total. The van der Waals surface area contributed by atoms with Crippen molar-refractivity contribution in [2.75, 3.05) is 22.1 Å². The predicted octanol–water partition coefficient (Wildman–Crippen LogP) is 1.94. The summed E-state index contributed by atoms with van der Waals surface area (Å²) in [6, 6.07) is 5.95. The molecule has 0 aliphatic carbocycles. The standard InChI is InChI=1S/C14H20N2O3S/c1-10-3-4-13(9-14(10)15-11(2)17)16-12-5-7-20(18,19)8-6-12/h3-4,9,12,16H,5-8H2,1-2H3,(H,15,17). The first-order valence-corrected chi connectivity index (χ1v) is 8.53. The van der Waals surface area contributed by atoms with Gasteiger partial charge in [-0.2, -0.15) is 0 Å². The lowest BCUT2D eigenvalue weighted by atomic mass is 10.1. The van der Waals surface area contributed by atoms with Gasteiger partial charge in [0.1, 0.15) is 9.84 Å². The summed E-state index contributed by atoms with van der Waals surface area (Å²) in [5.41, 5.74) is 2.69. The molecule has 0 unspecified atom stereocenters. The molecule has 1 aliphatic rings. The van der Waals surface area contributed by atoms with Gasteiger partial charge < -0.3 is 10.6 Å². The Labute approximate surface area is 119 Å². The van der Waals surface area contributed by atoms with Crippen molar-refractivity contribution in [3.05, 3.63) is 23.8 Å². The number of aryl methyl sites for hydroxylation is 1. The Hall–Kier alpha value is -1.56. The van der Waals surface area contributed by atoms with Crippen LogP contribution in [0.4, 0.5) is 11.4 Å². The molecule has 0 radical (unpaired) electrons. The van der Waals surface area contributed by atoms with Crippen LogP contribution in [0.3, 0.4) is 0 Å². The number of rotatable bonds is 3. The molecule has 0 atom stereocenters. The molecule has 5 nitrogen and oxygen atoms in total. The van der Waals surface area contributed by atoms with E-state index in [1.807, 2.05) is 25.1 Å². The highest BCUT2D eigenvalue weighted by molar-refractivity contribution is 7.91. The molecular formula is C14H20N2O3S. The average Bonchev–Trinajstić information content (AvgIpc) is 2.35. The third-order valence-electron chi connectivity index (χ3n) is 3.47. The van der Waals surface area contributed by atoms with E-state index < -0.39 is 9.84 Å². The quantitative estimate of drug-likeness (QED) is 0.894. The van der Waals surface area contributed by atoms with Gasteiger partial charge in [-0.15, -0.1) is 0 Å². The molecule has 1 aromatic rings. The third kappa shape index (κ3) is 3.96. The smallest absolute Gasteiger partial charge is 0.221 e. The maximum absolute atomic E-state index is 11.4. The summed E-state index contributed by atoms with van der Waals surface area (Å²) in [6.45, 7) is 3.41. The normalized spacial score (nSPS) is 18.5. The minimum absolute atomic E-state index is 0.103. The summed E-state index contributed by atoms with van der Waals surface area (Å²) >= 11 is 0. The van der Waals surface area contributed by atoms with E-state index in [-0.39, 0.29) is 23.5 Å². The Kier molecular flexibility index (Phi) is 4.32. The zero-order valence-corrected chi connectivity index (χ0v) is 12.6. The zero-order valence-electron chi connectivity index (χ0n) is 11.8. The molecule has 1 heterocycles. The van der Waals surface area contributed by atoms with Gasteiger partial charge in [-0.3, -0.25) is 4.79 Å². The van der Waals surface area contributed by atoms with Crippen molar-refractivity contribution in [3.63, 3.8) is 0 Å². The van der Waals surface area contributed by atoms with E-state index in [4.69, 9.17) is 0 Å². The molecule has 1 fully saturated rings. The Balaban J connectivity index is 2.05. The second kappa shape index (κ2) is 5.83. The van der Waals surface area contributed by atoms with Crippen LogP contribution in [0.2, 0.25) is 0 Å². The van der Waals surface area contributed by atoms with Crippen LogP contribution in [0.25, 0.3) is 0 Å². The highest BCUT2D eigenvalue weighted by atomic mass is 32.2. The largest absolute Gasteiger partial charge is 0.382 e. The summed E-state index contributed by atoms with van der Waals surface area (Å²) in [5.74, 6) is 0.387. The molecule has 1 aliphatic heterocycles. The van der Waals surface area contributed by atoms with Crippen molar-refractivity contribution >= 4 is 27.1 Å². The van der Waals surface area contributed by atoms with E-state index >= 15 is 0 Å². The van der Waals surface area contributed by atoms with Crippen LogP contribution >= 0.6 is 0 Å². The van der Waals surface area contributed by atoms with Crippen molar-refractivity contribution in [2.45, 2.75) is 32.7 Å². The molecule has 0 bridgehead atoms. The summed E-state index contributed by atoms with van der Waals surface area (Å²) in [5, 5.41) is 6.13. The van der Waals surface area contributed by atoms with Crippen molar-refractivity contribution in [1.29, 1.82) is 0 Å². The fourth-order valence-corrected chi connectivity index (χ4v) is 3.80.